The van der Waals surface area contributed by atoms with Gasteiger partial charge in [-0.15, -0.1) is 0 Å². The van der Waals surface area contributed by atoms with Gasteiger partial charge in [-0.3, -0.25) is 9.59 Å². The predicted molar refractivity (Wildman–Crippen MR) is 107 cm³/mol. The van der Waals surface area contributed by atoms with E-state index in [0.29, 0.717) is 25.5 Å². The van der Waals surface area contributed by atoms with E-state index in [9.17, 15) is 9.59 Å². The Morgan fingerprint density at radius 3 is 2.93 bits per heavy atom. The third-order valence-electron chi connectivity index (χ3n) is 5.26. The van der Waals surface area contributed by atoms with Crippen LogP contribution in [0.4, 0.5) is 5.82 Å². The Hall–Kier alpha value is -3.09. The lowest BCUT2D eigenvalue weighted by atomic mass is 9.97. The average molecular weight is 380 g/mol. The van der Waals surface area contributed by atoms with Crippen LogP contribution >= 0.6 is 0 Å². The molecule has 1 N–H and O–H groups in total. The largest absolute Gasteiger partial charge is 0.467 e. The van der Waals surface area contributed by atoms with E-state index >= 15 is 0 Å². The number of carbonyl (C=O) groups is 1. The van der Waals surface area contributed by atoms with E-state index < -0.39 is 0 Å². The number of para-hydroxylation sites is 2. The van der Waals surface area contributed by atoms with Gasteiger partial charge in [-0.05, 0) is 44.0 Å². The number of piperidine rings is 1. The zero-order chi connectivity index (χ0) is 19.5. The van der Waals surface area contributed by atoms with Crippen LogP contribution in [0, 0.1) is 5.92 Å². The van der Waals surface area contributed by atoms with E-state index in [1.807, 2.05) is 42.2 Å². The van der Waals surface area contributed by atoms with Crippen LogP contribution in [-0.2, 0) is 17.9 Å². The van der Waals surface area contributed by atoms with Gasteiger partial charge >= 0.3 is 0 Å². The molecule has 3 heterocycles. The summed E-state index contributed by atoms with van der Waals surface area (Å²) >= 11 is 0. The molecule has 2 aromatic heterocycles. The summed E-state index contributed by atoms with van der Waals surface area (Å²) in [4.78, 5) is 32.2. The van der Waals surface area contributed by atoms with E-state index in [4.69, 9.17) is 4.42 Å². The Balaban J connectivity index is 1.55. The summed E-state index contributed by atoms with van der Waals surface area (Å²) in [6, 6.07) is 11.3. The van der Waals surface area contributed by atoms with Gasteiger partial charge in [0.2, 0.25) is 5.91 Å². The first-order valence-corrected chi connectivity index (χ1v) is 9.72. The summed E-state index contributed by atoms with van der Waals surface area (Å²) in [5.74, 6) is 0.969. The van der Waals surface area contributed by atoms with Crippen LogP contribution in [0.25, 0.3) is 11.0 Å². The van der Waals surface area contributed by atoms with Gasteiger partial charge in [-0.1, -0.05) is 12.1 Å². The van der Waals surface area contributed by atoms with Gasteiger partial charge in [-0.25, -0.2) is 4.98 Å². The number of rotatable bonds is 5. The molecule has 0 saturated carbocycles. The van der Waals surface area contributed by atoms with Gasteiger partial charge < -0.3 is 19.2 Å². The number of furan rings is 1. The number of aromatic nitrogens is 2. The summed E-state index contributed by atoms with van der Waals surface area (Å²) in [6.45, 7) is 4.13. The van der Waals surface area contributed by atoms with Crippen LogP contribution < -0.4 is 15.8 Å². The summed E-state index contributed by atoms with van der Waals surface area (Å²) in [5.41, 5.74) is 1.53. The lowest BCUT2D eigenvalue weighted by Gasteiger charge is -2.32. The van der Waals surface area contributed by atoms with Crippen molar-refractivity contribution < 1.29 is 9.21 Å². The second-order valence-electron chi connectivity index (χ2n) is 7.06. The first kappa shape index (κ1) is 18.3. The van der Waals surface area contributed by atoms with Crippen molar-refractivity contribution in [2.24, 2.45) is 5.92 Å². The lowest BCUT2D eigenvalue weighted by molar-refractivity contribution is -0.125. The molecule has 1 amide bonds. The van der Waals surface area contributed by atoms with Gasteiger partial charge in [0, 0.05) is 19.6 Å². The van der Waals surface area contributed by atoms with Crippen LogP contribution in [-0.4, -0.2) is 28.5 Å². The highest BCUT2D eigenvalue weighted by atomic mass is 16.3. The van der Waals surface area contributed by atoms with E-state index in [0.717, 1.165) is 36.2 Å². The van der Waals surface area contributed by atoms with Crippen LogP contribution in [0.2, 0.25) is 0 Å². The molecule has 0 aliphatic carbocycles. The van der Waals surface area contributed by atoms with Gasteiger partial charge in [-0.2, -0.15) is 0 Å². The molecule has 1 saturated heterocycles. The van der Waals surface area contributed by atoms with Crippen molar-refractivity contribution in [3.63, 3.8) is 0 Å². The third-order valence-corrected chi connectivity index (χ3v) is 5.26. The van der Waals surface area contributed by atoms with E-state index in [1.54, 1.807) is 16.9 Å². The maximum Gasteiger partial charge on any atom is 0.293 e. The van der Waals surface area contributed by atoms with Crippen LogP contribution in [0.3, 0.4) is 0 Å². The van der Waals surface area contributed by atoms with Gasteiger partial charge in [0.1, 0.15) is 5.76 Å². The van der Waals surface area contributed by atoms with Crippen LogP contribution in [0.5, 0.6) is 0 Å². The third kappa shape index (κ3) is 3.52. The molecule has 28 heavy (non-hydrogen) atoms. The molecule has 1 aromatic carbocycles. The molecule has 1 aliphatic rings. The fourth-order valence-electron chi connectivity index (χ4n) is 3.81. The predicted octanol–water partition coefficient (Wildman–Crippen LogP) is 2.54. The summed E-state index contributed by atoms with van der Waals surface area (Å²) < 4.78 is 7.01. The van der Waals surface area contributed by atoms with E-state index in [2.05, 4.69) is 10.3 Å². The molecule has 3 aromatic rings. The minimum Gasteiger partial charge on any atom is -0.467 e. The minimum atomic E-state index is -0.175. The number of nitrogens with one attached hydrogen (secondary N) is 1. The smallest absolute Gasteiger partial charge is 0.293 e. The quantitative estimate of drug-likeness (QED) is 0.736. The molecule has 4 rings (SSSR count). The number of benzene rings is 1. The summed E-state index contributed by atoms with van der Waals surface area (Å²) in [5, 5.41) is 2.93. The molecule has 0 bridgehead atoms. The van der Waals surface area contributed by atoms with Crippen molar-refractivity contribution in [3.8, 4) is 0 Å². The molecular weight excluding hydrogens is 356 g/mol. The zero-order valence-corrected chi connectivity index (χ0v) is 15.9. The van der Waals surface area contributed by atoms with Crippen molar-refractivity contribution in [2.45, 2.75) is 32.9 Å². The molecular formula is C21H24N4O3. The van der Waals surface area contributed by atoms with Crippen molar-refractivity contribution in [2.75, 3.05) is 18.0 Å². The second kappa shape index (κ2) is 7.88. The molecule has 7 nitrogen and oxygen atoms in total. The van der Waals surface area contributed by atoms with Gasteiger partial charge in [0.15, 0.2) is 5.82 Å². The average Bonchev–Trinajstić information content (AvgIpc) is 3.25. The Labute approximate surface area is 163 Å². The van der Waals surface area contributed by atoms with E-state index in [-0.39, 0.29) is 17.4 Å². The number of anilines is 1. The van der Waals surface area contributed by atoms with Crippen LogP contribution in [0.1, 0.15) is 25.5 Å². The summed E-state index contributed by atoms with van der Waals surface area (Å²) in [7, 11) is 0. The highest BCUT2D eigenvalue weighted by Gasteiger charge is 2.28. The Morgan fingerprint density at radius 2 is 2.14 bits per heavy atom. The SMILES string of the molecule is CCn1c(=O)c(N2CCCC(C(=O)NCc3ccco3)C2)nc2ccccc21. The number of carbonyl (C=O) groups excluding carboxylic acids is 1. The first-order chi connectivity index (χ1) is 13.7. The van der Waals surface area contributed by atoms with Crippen molar-refractivity contribution in [3.05, 3.63) is 58.8 Å². The number of aryl methyl sites for hydroxylation is 1. The molecule has 1 aliphatic heterocycles. The molecule has 7 heteroatoms. The number of nitrogens with zero attached hydrogens (tertiary/aromatic N) is 3. The fraction of sp³-hybridized carbons (Fsp3) is 0.381. The standard InChI is InChI=1S/C21H24N4O3/c1-2-25-18-10-4-3-9-17(18)23-19(21(25)27)24-11-5-7-15(14-24)20(26)22-13-16-8-6-12-28-16/h3-4,6,8-10,12,15H,2,5,7,11,13-14H2,1H3,(H,22,26). The van der Waals surface area contributed by atoms with Crippen molar-refractivity contribution >= 4 is 22.8 Å². The molecule has 0 radical (unpaired) electrons. The number of amides is 1. The number of fused-ring (bicyclic) bond motifs is 1. The summed E-state index contributed by atoms with van der Waals surface area (Å²) in [6.07, 6.45) is 3.24. The normalized spacial score (nSPS) is 17.0. The maximum absolute atomic E-state index is 13.0. The number of hydrogen-bond acceptors (Lipinski definition) is 5. The van der Waals surface area contributed by atoms with E-state index in [1.165, 1.54) is 0 Å². The monoisotopic (exact) mass is 380 g/mol. The van der Waals surface area contributed by atoms with Crippen molar-refractivity contribution in [1.29, 1.82) is 0 Å². The molecule has 1 unspecified atom stereocenters. The number of hydrogen-bond donors (Lipinski definition) is 1. The highest BCUT2D eigenvalue weighted by Crippen LogP contribution is 2.22. The Morgan fingerprint density at radius 1 is 1.29 bits per heavy atom. The molecule has 1 atom stereocenters. The van der Waals surface area contributed by atoms with Gasteiger partial charge in [0.05, 0.1) is 29.8 Å². The zero-order valence-electron chi connectivity index (χ0n) is 15.9. The Kier molecular flexibility index (Phi) is 5.14. The second-order valence-corrected chi connectivity index (χ2v) is 7.06. The minimum absolute atomic E-state index is 0.0160. The highest BCUT2D eigenvalue weighted by molar-refractivity contribution is 5.80. The first-order valence-electron chi connectivity index (χ1n) is 9.72. The van der Waals surface area contributed by atoms with Gasteiger partial charge in [0.25, 0.3) is 5.56 Å². The molecule has 1 fully saturated rings. The molecule has 0 spiro atoms. The van der Waals surface area contributed by atoms with Crippen LogP contribution in [0.15, 0.2) is 51.9 Å². The Bertz CT molecular complexity index is 1030. The topological polar surface area (TPSA) is 80.4 Å². The van der Waals surface area contributed by atoms with Crippen molar-refractivity contribution in [1.82, 2.24) is 14.9 Å². The maximum atomic E-state index is 13.0. The fourth-order valence-corrected chi connectivity index (χ4v) is 3.81. The lowest BCUT2D eigenvalue weighted by Crippen LogP contribution is -2.45. The molecule has 146 valence electrons.